The number of aliphatic hydroxyl groups excluding tert-OH is 1. The molecule has 9 nitrogen and oxygen atoms in total. The highest BCUT2D eigenvalue weighted by molar-refractivity contribution is 5.92. The molecule has 10 heteroatoms. The number of anilines is 2. The summed E-state index contributed by atoms with van der Waals surface area (Å²) < 4.78 is 22.5. The molecule has 3 heterocycles. The predicted octanol–water partition coefficient (Wildman–Crippen LogP) is 1.91. The molecule has 0 aromatic carbocycles. The van der Waals surface area contributed by atoms with Gasteiger partial charge in [-0.25, -0.2) is 9.37 Å². The van der Waals surface area contributed by atoms with Gasteiger partial charge in [0.05, 0.1) is 12.9 Å². The number of aliphatic hydroxyl groups is 1. The lowest BCUT2D eigenvalue weighted by Gasteiger charge is -2.26. The second kappa shape index (κ2) is 7.68. The predicted molar refractivity (Wildman–Crippen MR) is 107 cm³/mol. The summed E-state index contributed by atoms with van der Waals surface area (Å²) in [4.78, 5) is 27.0. The van der Waals surface area contributed by atoms with E-state index in [1.807, 2.05) is 0 Å². The van der Waals surface area contributed by atoms with Crippen LogP contribution in [-0.4, -0.2) is 63.0 Å². The summed E-state index contributed by atoms with van der Waals surface area (Å²) in [5, 5.41) is 12.5. The van der Waals surface area contributed by atoms with Crippen LogP contribution in [0.4, 0.5) is 16.2 Å². The van der Waals surface area contributed by atoms with Gasteiger partial charge < -0.3 is 14.7 Å². The third-order valence-electron chi connectivity index (χ3n) is 5.31. The highest BCUT2D eigenvalue weighted by Gasteiger charge is 2.52. The maximum absolute atomic E-state index is 15.2. The van der Waals surface area contributed by atoms with Crippen molar-refractivity contribution in [2.75, 3.05) is 30.9 Å². The number of alkyl halides is 1. The van der Waals surface area contributed by atoms with Gasteiger partial charge in [-0.15, -0.1) is 6.58 Å². The topological polar surface area (TPSA) is 105 Å². The van der Waals surface area contributed by atoms with Gasteiger partial charge in [0.1, 0.15) is 5.60 Å². The third kappa shape index (κ3) is 3.46. The van der Waals surface area contributed by atoms with Crippen molar-refractivity contribution in [3.63, 3.8) is 0 Å². The number of rotatable bonds is 6. The molecule has 1 aliphatic rings. The Morgan fingerprint density at radius 2 is 2.21 bits per heavy atom. The summed E-state index contributed by atoms with van der Waals surface area (Å²) in [5.41, 5.74) is -0.436. The van der Waals surface area contributed by atoms with Crippen LogP contribution in [0.25, 0.3) is 11.2 Å². The summed E-state index contributed by atoms with van der Waals surface area (Å²) in [7, 11) is 3.57. The Morgan fingerprint density at radius 1 is 1.52 bits per heavy atom. The molecule has 4 atom stereocenters. The lowest BCUT2D eigenvalue weighted by molar-refractivity contribution is -0.118. The minimum Gasteiger partial charge on any atom is -0.393 e. The fourth-order valence-corrected chi connectivity index (χ4v) is 3.31. The Bertz CT molecular complexity index is 930. The maximum atomic E-state index is 15.2. The number of nitrogens with one attached hydrogen (secondary N) is 1. The zero-order valence-electron chi connectivity index (χ0n) is 17.3. The van der Waals surface area contributed by atoms with E-state index in [1.165, 1.54) is 17.0 Å². The van der Waals surface area contributed by atoms with Gasteiger partial charge in [-0.3, -0.25) is 14.7 Å². The highest BCUT2D eigenvalue weighted by atomic mass is 19.1. The van der Waals surface area contributed by atoms with Crippen LogP contribution in [0.1, 0.15) is 27.0 Å². The molecule has 158 valence electrons. The molecule has 0 unspecified atom stereocenters. The second-order valence-corrected chi connectivity index (χ2v) is 7.79. The van der Waals surface area contributed by atoms with E-state index in [1.54, 1.807) is 39.8 Å². The lowest BCUT2D eigenvalue weighted by atomic mass is 9.88. The van der Waals surface area contributed by atoms with Crippen LogP contribution < -0.4 is 10.2 Å². The Kier molecular flexibility index (Phi) is 5.59. The summed E-state index contributed by atoms with van der Waals surface area (Å²) in [6.45, 7) is 8.48. The van der Waals surface area contributed by atoms with Crippen molar-refractivity contribution in [1.82, 2.24) is 19.5 Å². The standard InChI is InChI=1S/C19H27FN6O3/c1-7-19(8-27)11(4)12(20)17(29-19)26-9-21-13-14(25(5)6)22-18(23-15(13)26)24-16(28)10(2)3/h7,9-12,17,27H,1,8H2,2-6H3,(H,22,23,24,28)/t11-,12-,17+,19+/m0/s1. The quantitative estimate of drug-likeness (QED) is 0.706. The molecule has 1 saturated heterocycles. The number of hydrogen-bond donors (Lipinski definition) is 2. The van der Waals surface area contributed by atoms with Crippen LogP contribution in [-0.2, 0) is 9.53 Å². The summed E-state index contributed by atoms with van der Waals surface area (Å²) in [6, 6.07) is 0. The zero-order chi connectivity index (χ0) is 21.5. The van der Waals surface area contributed by atoms with Crippen molar-refractivity contribution in [2.24, 2.45) is 11.8 Å². The number of nitrogens with zero attached hydrogens (tertiary/aromatic N) is 5. The average molecular weight is 406 g/mol. The number of ether oxygens (including phenoxy) is 1. The van der Waals surface area contributed by atoms with Gasteiger partial charge in [-0.05, 0) is 0 Å². The fourth-order valence-electron chi connectivity index (χ4n) is 3.31. The number of carbonyl (C=O) groups is 1. The molecule has 0 saturated carbocycles. The monoisotopic (exact) mass is 406 g/mol. The number of halogens is 1. The molecule has 2 aromatic rings. The summed E-state index contributed by atoms with van der Waals surface area (Å²) >= 11 is 0. The zero-order valence-corrected chi connectivity index (χ0v) is 17.3. The molecule has 1 fully saturated rings. The SMILES string of the molecule is C=C[C@]1(CO)O[C@@H](n2cnc3c(N(C)C)nc(NC(=O)C(C)C)nc32)[C@@H](F)[C@@H]1C. The van der Waals surface area contributed by atoms with Crippen molar-refractivity contribution in [3.8, 4) is 0 Å². The van der Waals surface area contributed by atoms with Crippen LogP contribution in [0.15, 0.2) is 19.0 Å². The van der Waals surface area contributed by atoms with Crippen LogP contribution in [0.5, 0.6) is 0 Å². The summed E-state index contributed by atoms with van der Waals surface area (Å²) in [6.07, 6.45) is 0.376. The van der Waals surface area contributed by atoms with E-state index in [-0.39, 0.29) is 17.8 Å². The van der Waals surface area contributed by atoms with Crippen LogP contribution >= 0.6 is 0 Å². The van der Waals surface area contributed by atoms with Crippen molar-refractivity contribution < 1.29 is 19.0 Å². The van der Waals surface area contributed by atoms with Gasteiger partial charge in [0.15, 0.2) is 29.4 Å². The number of fused-ring (bicyclic) bond motifs is 1. The second-order valence-electron chi connectivity index (χ2n) is 7.79. The molecular formula is C19H27FN6O3. The van der Waals surface area contributed by atoms with Gasteiger partial charge >= 0.3 is 0 Å². The Balaban J connectivity index is 2.11. The first-order valence-corrected chi connectivity index (χ1v) is 9.44. The van der Waals surface area contributed by atoms with Gasteiger partial charge in [-0.1, -0.05) is 26.8 Å². The van der Waals surface area contributed by atoms with E-state index in [0.29, 0.717) is 17.0 Å². The number of hydrogen-bond acceptors (Lipinski definition) is 7. The fraction of sp³-hybridized carbons (Fsp3) is 0.579. The van der Waals surface area contributed by atoms with E-state index >= 15 is 4.39 Å². The Hall–Kier alpha value is -2.59. The number of carbonyl (C=O) groups excluding carboxylic acids is 1. The van der Waals surface area contributed by atoms with Gasteiger partial charge in [-0.2, -0.15) is 9.97 Å². The number of amides is 1. The Labute approximate surface area is 168 Å². The minimum absolute atomic E-state index is 0.0974. The molecule has 0 spiro atoms. The normalized spacial score (nSPS) is 26.8. The largest absolute Gasteiger partial charge is 0.393 e. The van der Waals surface area contributed by atoms with E-state index in [4.69, 9.17) is 4.74 Å². The molecule has 29 heavy (non-hydrogen) atoms. The van der Waals surface area contributed by atoms with E-state index in [2.05, 4.69) is 26.8 Å². The molecule has 0 bridgehead atoms. The lowest BCUT2D eigenvalue weighted by Crippen LogP contribution is -2.37. The van der Waals surface area contributed by atoms with Crippen molar-refractivity contribution in [3.05, 3.63) is 19.0 Å². The third-order valence-corrected chi connectivity index (χ3v) is 5.31. The van der Waals surface area contributed by atoms with Crippen molar-refractivity contribution >= 4 is 28.8 Å². The van der Waals surface area contributed by atoms with Gasteiger partial charge in [0, 0.05) is 25.9 Å². The molecule has 1 aliphatic heterocycles. The van der Waals surface area contributed by atoms with E-state index < -0.39 is 30.5 Å². The average Bonchev–Trinajstić information content (AvgIpc) is 3.21. The molecular weight excluding hydrogens is 379 g/mol. The van der Waals surface area contributed by atoms with Gasteiger partial charge in [0.2, 0.25) is 11.9 Å². The van der Waals surface area contributed by atoms with Crippen LogP contribution in [0, 0.1) is 11.8 Å². The smallest absolute Gasteiger partial charge is 0.233 e. The molecule has 2 aromatic heterocycles. The van der Waals surface area contributed by atoms with Crippen molar-refractivity contribution in [2.45, 2.75) is 38.8 Å². The molecule has 0 radical (unpaired) electrons. The molecule has 0 aliphatic carbocycles. The maximum Gasteiger partial charge on any atom is 0.233 e. The molecule has 1 amide bonds. The number of imidazole rings is 1. The molecule has 3 rings (SSSR count). The highest BCUT2D eigenvalue weighted by Crippen LogP contribution is 2.44. The van der Waals surface area contributed by atoms with E-state index in [9.17, 15) is 9.90 Å². The Morgan fingerprint density at radius 3 is 2.72 bits per heavy atom. The minimum atomic E-state index is -1.43. The van der Waals surface area contributed by atoms with Crippen LogP contribution in [0.2, 0.25) is 0 Å². The van der Waals surface area contributed by atoms with Crippen LogP contribution in [0.3, 0.4) is 0 Å². The first-order valence-electron chi connectivity index (χ1n) is 9.44. The van der Waals surface area contributed by atoms with E-state index in [0.717, 1.165) is 0 Å². The van der Waals surface area contributed by atoms with Crippen molar-refractivity contribution in [1.29, 1.82) is 0 Å². The number of aromatic nitrogens is 4. The summed E-state index contributed by atoms with van der Waals surface area (Å²) in [5.74, 6) is -0.538. The van der Waals surface area contributed by atoms with Gasteiger partial charge in [0.25, 0.3) is 0 Å². The first-order chi connectivity index (χ1) is 13.6. The first kappa shape index (κ1) is 21.1. The molecule has 2 N–H and O–H groups in total.